The van der Waals surface area contributed by atoms with Gasteiger partial charge in [0.2, 0.25) is 0 Å². The Kier molecular flexibility index (Phi) is 4.58. The van der Waals surface area contributed by atoms with Gasteiger partial charge in [-0.3, -0.25) is 9.48 Å². The standard InChI is InChI=1S/C17H25N3O3S/c1-19-8-14(7-18-19)16(21)20-11-17(12-20)6-15(10-24-17)23-9-13-2-4-22-5-3-13/h7-8,13,15H,2-6,9-12H2,1H3/t15-/m1/s1. The van der Waals surface area contributed by atoms with Gasteiger partial charge in [0.25, 0.3) is 5.91 Å². The second-order valence-corrected chi connectivity index (χ2v) is 8.76. The number of thioether (sulfide) groups is 1. The SMILES string of the molecule is Cn1cc(C(=O)N2CC3(C[C@@H](OCC4CCOCC4)CS3)C2)cn1. The van der Waals surface area contributed by atoms with E-state index in [4.69, 9.17) is 9.47 Å². The quantitative estimate of drug-likeness (QED) is 0.824. The Morgan fingerprint density at radius 3 is 2.96 bits per heavy atom. The smallest absolute Gasteiger partial charge is 0.257 e. The number of aryl methyl sites for hydroxylation is 1. The zero-order valence-electron chi connectivity index (χ0n) is 14.1. The lowest BCUT2D eigenvalue weighted by Gasteiger charge is -2.47. The van der Waals surface area contributed by atoms with Gasteiger partial charge in [0, 0.05) is 51.9 Å². The number of hydrogen-bond acceptors (Lipinski definition) is 5. The Labute approximate surface area is 146 Å². The average molecular weight is 351 g/mol. The number of aromatic nitrogens is 2. The number of carbonyl (C=O) groups is 1. The van der Waals surface area contributed by atoms with E-state index < -0.39 is 0 Å². The Morgan fingerprint density at radius 2 is 2.25 bits per heavy atom. The summed E-state index contributed by atoms with van der Waals surface area (Å²) in [5.41, 5.74) is 0.683. The first-order chi connectivity index (χ1) is 11.6. The third-order valence-corrected chi connectivity index (χ3v) is 6.86. The molecule has 0 saturated carbocycles. The maximum atomic E-state index is 12.4. The van der Waals surface area contributed by atoms with E-state index in [1.807, 2.05) is 23.7 Å². The molecule has 0 radical (unpaired) electrons. The van der Waals surface area contributed by atoms with Crippen LogP contribution in [0.5, 0.6) is 0 Å². The first kappa shape index (κ1) is 16.4. The van der Waals surface area contributed by atoms with Crippen LogP contribution in [-0.4, -0.2) is 70.1 Å². The number of amides is 1. The van der Waals surface area contributed by atoms with Crippen molar-refractivity contribution in [2.45, 2.75) is 30.1 Å². The van der Waals surface area contributed by atoms with E-state index >= 15 is 0 Å². The number of likely N-dealkylation sites (tertiary alicyclic amines) is 1. The number of nitrogens with zero attached hydrogens (tertiary/aromatic N) is 3. The Balaban J connectivity index is 1.23. The summed E-state index contributed by atoms with van der Waals surface area (Å²) in [6.45, 7) is 4.29. The monoisotopic (exact) mass is 351 g/mol. The molecule has 4 heterocycles. The van der Waals surface area contributed by atoms with Crippen molar-refractivity contribution in [3.8, 4) is 0 Å². The lowest BCUT2D eigenvalue weighted by Crippen LogP contribution is -2.60. The minimum absolute atomic E-state index is 0.0981. The van der Waals surface area contributed by atoms with E-state index in [0.29, 0.717) is 17.6 Å². The molecule has 0 N–H and O–H groups in total. The summed E-state index contributed by atoms with van der Waals surface area (Å²) in [7, 11) is 1.83. The van der Waals surface area contributed by atoms with Crippen LogP contribution in [0, 0.1) is 5.92 Å². The van der Waals surface area contributed by atoms with Gasteiger partial charge in [0.15, 0.2) is 0 Å². The summed E-state index contributed by atoms with van der Waals surface area (Å²) in [6.07, 6.45) is 7.09. The van der Waals surface area contributed by atoms with E-state index in [0.717, 1.165) is 57.9 Å². The normalized spacial score (nSPS) is 26.7. The predicted molar refractivity (Wildman–Crippen MR) is 92.2 cm³/mol. The van der Waals surface area contributed by atoms with Gasteiger partial charge in [-0.1, -0.05) is 0 Å². The van der Waals surface area contributed by atoms with Gasteiger partial charge in [0.05, 0.1) is 22.6 Å². The van der Waals surface area contributed by atoms with Gasteiger partial charge < -0.3 is 14.4 Å². The first-order valence-electron chi connectivity index (χ1n) is 8.75. The fourth-order valence-corrected chi connectivity index (χ4v) is 5.37. The molecule has 1 spiro atoms. The van der Waals surface area contributed by atoms with Gasteiger partial charge in [-0.2, -0.15) is 5.10 Å². The van der Waals surface area contributed by atoms with Crippen molar-refractivity contribution in [3.63, 3.8) is 0 Å². The lowest BCUT2D eigenvalue weighted by molar-refractivity contribution is -0.0118. The topological polar surface area (TPSA) is 56.6 Å². The summed E-state index contributed by atoms with van der Waals surface area (Å²) < 4.78 is 13.5. The van der Waals surface area contributed by atoms with Crippen molar-refractivity contribution >= 4 is 17.7 Å². The van der Waals surface area contributed by atoms with Gasteiger partial charge >= 0.3 is 0 Å². The maximum absolute atomic E-state index is 12.4. The largest absolute Gasteiger partial charge is 0.381 e. The molecule has 0 unspecified atom stereocenters. The summed E-state index contributed by atoms with van der Waals surface area (Å²) in [4.78, 5) is 14.3. The van der Waals surface area contributed by atoms with E-state index in [1.54, 1.807) is 17.1 Å². The molecule has 7 heteroatoms. The van der Waals surface area contributed by atoms with Crippen LogP contribution in [0.1, 0.15) is 29.6 Å². The van der Waals surface area contributed by atoms with E-state index in [2.05, 4.69) is 5.10 Å². The van der Waals surface area contributed by atoms with Crippen molar-refractivity contribution in [1.29, 1.82) is 0 Å². The zero-order chi connectivity index (χ0) is 16.6. The summed E-state index contributed by atoms with van der Waals surface area (Å²) in [5.74, 6) is 1.81. The number of ether oxygens (including phenoxy) is 2. The molecule has 0 aliphatic carbocycles. The highest BCUT2D eigenvalue weighted by molar-refractivity contribution is 8.01. The van der Waals surface area contributed by atoms with Crippen LogP contribution in [0.4, 0.5) is 0 Å². The number of hydrogen-bond donors (Lipinski definition) is 0. The summed E-state index contributed by atoms with van der Waals surface area (Å²) in [6, 6.07) is 0. The molecule has 1 aromatic rings. The molecule has 1 atom stereocenters. The highest BCUT2D eigenvalue weighted by atomic mass is 32.2. The molecular formula is C17H25N3O3S. The fourth-order valence-electron chi connectivity index (χ4n) is 3.82. The molecule has 3 aliphatic rings. The Bertz CT molecular complexity index is 594. The molecule has 3 saturated heterocycles. The Hall–Kier alpha value is -1.05. The average Bonchev–Trinajstić information content (AvgIpc) is 3.18. The highest BCUT2D eigenvalue weighted by Crippen LogP contribution is 2.46. The molecule has 0 bridgehead atoms. The van der Waals surface area contributed by atoms with E-state index in [1.165, 1.54) is 0 Å². The van der Waals surface area contributed by atoms with Crippen LogP contribution in [0.2, 0.25) is 0 Å². The predicted octanol–water partition coefficient (Wildman–Crippen LogP) is 1.56. The number of rotatable bonds is 4. The molecule has 3 aliphatic heterocycles. The van der Waals surface area contributed by atoms with Crippen molar-refractivity contribution in [1.82, 2.24) is 14.7 Å². The highest BCUT2D eigenvalue weighted by Gasteiger charge is 2.51. The second kappa shape index (κ2) is 6.69. The van der Waals surface area contributed by atoms with Gasteiger partial charge in [-0.15, -0.1) is 11.8 Å². The van der Waals surface area contributed by atoms with Crippen LogP contribution < -0.4 is 0 Å². The zero-order valence-corrected chi connectivity index (χ0v) is 15.0. The summed E-state index contributed by atoms with van der Waals surface area (Å²) >= 11 is 1.98. The molecule has 132 valence electrons. The van der Waals surface area contributed by atoms with Crippen molar-refractivity contribution in [2.24, 2.45) is 13.0 Å². The van der Waals surface area contributed by atoms with Crippen LogP contribution in [0.3, 0.4) is 0 Å². The molecule has 6 nitrogen and oxygen atoms in total. The van der Waals surface area contributed by atoms with Crippen molar-refractivity contribution in [3.05, 3.63) is 18.0 Å². The number of carbonyl (C=O) groups excluding carboxylic acids is 1. The van der Waals surface area contributed by atoms with Crippen molar-refractivity contribution < 1.29 is 14.3 Å². The molecule has 4 rings (SSSR count). The lowest BCUT2D eigenvalue weighted by atomic mass is 9.92. The molecular weight excluding hydrogens is 326 g/mol. The molecule has 1 aromatic heterocycles. The maximum Gasteiger partial charge on any atom is 0.257 e. The Morgan fingerprint density at radius 1 is 1.46 bits per heavy atom. The van der Waals surface area contributed by atoms with Gasteiger partial charge in [0.1, 0.15) is 0 Å². The fraction of sp³-hybridized carbons (Fsp3) is 0.765. The molecule has 1 amide bonds. The third-order valence-electron chi connectivity index (χ3n) is 5.28. The van der Waals surface area contributed by atoms with Crippen LogP contribution in [-0.2, 0) is 16.5 Å². The van der Waals surface area contributed by atoms with Crippen LogP contribution in [0.25, 0.3) is 0 Å². The van der Waals surface area contributed by atoms with Gasteiger partial charge in [-0.25, -0.2) is 0 Å². The summed E-state index contributed by atoms with van der Waals surface area (Å²) in [5, 5.41) is 4.08. The molecule has 0 aromatic carbocycles. The molecule has 3 fully saturated rings. The third kappa shape index (κ3) is 3.34. The van der Waals surface area contributed by atoms with Crippen LogP contribution >= 0.6 is 11.8 Å². The molecule has 24 heavy (non-hydrogen) atoms. The first-order valence-corrected chi connectivity index (χ1v) is 9.73. The minimum atomic E-state index is 0.0981. The second-order valence-electron chi connectivity index (χ2n) is 7.27. The van der Waals surface area contributed by atoms with Gasteiger partial charge in [-0.05, 0) is 25.2 Å². The van der Waals surface area contributed by atoms with E-state index in [9.17, 15) is 4.79 Å². The van der Waals surface area contributed by atoms with E-state index in [-0.39, 0.29) is 10.7 Å². The van der Waals surface area contributed by atoms with Crippen LogP contribution in [0.15, 0.2) is 12.4 Å². The minimum Gasteiger partial charge on any atom is -0.381 e. The van der Waals surface area contributed by atoms with Crippen molar-refractivity contribution in [2.75, 3.05) is 38.7 Å².